The van der Waals surface area contributed by atoms with Crippen molar-refractivity contribution in [3.05, 3.63) is 71.8 Å². The monoisotopic (exact) mass is 548 g/mol. The van der Waals surface area contributed by atoms with Crippen molar-refractivity contribution in [1.82, 2.24) is 21.3 Å². The van der Waals surface area contributed by atoms with Crippen molar-refractivity contribution in [2.75, 3.05) is 32.9 Å². The molecule has 2 atom stereocenters. The number of hydrogen-bond donors (Lipinski definition) is 4. The summed E-state index contributed by atoms with van der Waals surface area (Å²) in [5, 5.41) is 12.3. The zero-order chi connectivity index (χ0) is 28.4. The van der Waals surface area contributed by atoms with Gasteiger partial charge < -0.3 is 30.7 Å². The number of amides is 3. The van der Waals surface area contributed by atoms with Gasteiger partial charge in [-0.3, -0.25) is 14.4 Å². The molecule has 4 N–H and O–H groups in total. The minimum absolute atomic E-state index is 0.0302. The van der Waals surface area contributed by atoms with E-state index in [0.717, 1.165) is 11.1 Å². The molecule has 0 radical (unpaired) electrons. The van der Waals surface area contributed by atoms with E-state index in [2.05, 4.69) is 21.3 Å². The Balaban J connectivity index is 1.64. The van der Waals surface area contributed by atoms with E-state index in [1.807, 2.05) is 80.6 Å². The number of benzene rings is 2. The molecule has 2 aliphatic heterocycles. The van der Waals surface area contributed by atoms with Crippen LogP contribution in [-0.4, -0.2) is 68.3 Å². The second-order valence-corrected chi connectivity index (χ2v) is 10.6. The zero-order valence-corrected chi connectivity index (χ0v) is 23.3. The van der Waals surface area contributed by atoms with Crippen LogP contribution in [0.4, 0.5) is 0 Å². The van der Waals surface area contributed by atoms with Gasteiger partial charge in [0.25, 0.3) is 0 Å². The molecule has 214 valence electrons. The van der Waals surface area contributed by atoms with E-state index in [0.29, 0.717) is 51.4 Å². The molecule has 0 aliphatic carbocycles. The van der Waals surface area contributed by atoms with Gasteiger partial charge >= 0.3 is 0 Å². The number of carbonyl (C=O) groups is 3. The molecule has 4 rings (SSSR count). The second-order valence-electron chi connectivity index (χ2n) is 10.6. The average molecular weight is 549 g/mol. The highest BCUT2D eigenvalue weighted by molar-refractivity contribution is 5.96. The Labute approximate surface area is 236 Å². The number of fused-ring (bicyclic) bond motifs is 1. The SMILES string of the molecule is CC(C)[C@@H]1NCCOc2ccccc2/C=C\CNC(=O)[C@H](Cc2ccccc2)NC(=O)C2(CCOCC2)NC1=O. The largest absolute Gasteiger partial charge is 0.492 e. The molecular formula is C31H40N4O5. The van der Waals surface area contributed by atoms with Gasteiger partial charge in [-0.05, 0) is 17.5 Å². The first-order valence-electron chi connectivity index (χ1n) is 14.0. The van der Waals surface area contributed by atoms with Crippen LogP contribution < -0.4 is 26.0 Å². The molecule has 2 aliphatic rings. The molecule has 9 nitrogen and oxygen atoms in total. The standard InChI is InChI=1S/C31H40N4O5/c1-22(2)27-29(37)35-31(14-18-39-19-15-31)30(38)34-25(21-23-9-4-3-5-10-23)28(36)33-16-8-12-24-11-6-7-13-26(24)40-20-17-32-27/h3-13,22,25,27,32H,14-21H2,1-2H3,(H,33,36)(H,34,38)(H,35,37)/b12-8-/t25-,27-/m0/s1. The van der Waals surface area contributed by atoms with Crippen LogP contribution in [-0.2, 0) is 25.5 Å². The van der Waals surface area contributed by atoms with E-state index in [1.165, 1.54) is 0 Å². The zero-order valence-electron chi connectivity index (χ0n) is 23.3. The Bertz CT molecular complexity index is 1180. The van der Waals surface area contributed by atoms with Crippen molar-refractivity contribution in [1.29, 1.82) is 0 Å². The third-order valence-electron chi connectivity index (χ3n) is 7.33. The fourth-order valence-corrected chi connectivity index (χ4v) is 5.02. The lowest BCUT2D eigenvalue weighted by Gasteiger charge is -2.39. The molecule has 40 heavy (non-hydrogen) atoms. The van der Waals surface area contributed by atoms with Crippen molar-refractivity contribution < 1.29 is 23.9 Å². The van der Waals surface area contributed by atoms with Crippen LogP contribution in [0.1, 0.15) is 37.8 Å². The predicted molar refractivity (Wildman–Crippen MR) is 154 cm³/mol. The Morgan fingerprint density at radius 2 is 1.65 bits per heavy atom. The maximum Gasteiger partial charge on any atom is 0.246 e. The van der Waals surface area contributed by atoms with Crippen molar-refractivity contribution >= 4 is 23.8 Å². The van der Waals surface area contributed by atoms with Crippen LogP contribution in [0.2, 0.25) is 0 Å². The van der Waals surface area contributed by atoms with Gasteiger partial charge in [-0.1, -0.05) is 74.5 Å². The van der Waals surface area contributed by atoms with Crippen LogP contribution >= 0.6 is 0 Å². The summed E-state index contributed by atoms with van der Waals surface area (Å²) in [6.07, 6.45) is 4.71. The summed E-state index contributed by atoms with van der Waals surface area (Å²) in [5.74, 6) is -0.258. The fraction of sp³-hybridized carbons (Fsp3) is 0.452. The second kappa shape index (κ2) is 14.1. The van der Waals surface area contributed by atoms with Crippen LogP contribution in [0, 0.1) is 5.92 Å². The van der Waals surface area contributed by atoms with Crippen molar-refractivity contribution in [2.45, 2.75) is 50.7 Å². The molecule has 0 aromatic heterocycles. The summed E-state index contributed by atoms with van der Waals surface area (Å²) in [6.45, 7) is 5.68. The Kier molecular flexibility index (Phi) is 10.3. The number of ether oxygens (including phenoxy) is 2. The molecule has 0 saturated carbocycles. The molecule has 1 fully saturated rings. The number of hydrogen-bond acceptors (Lipinski definition) is 6. The summed E-state index contributed by atoms with van der Waals surface area (Å²) in [4.78, 5) is 40.8. The van der Waals surface area contributed by atoms with Gasteiger partial charge in [0.15, 0.2) is 0 Å². The first-order valence-corrected chi connectivity index (χ1v) is 14.0. The smallest absolute Gasteiger partial charge is 0.246 e. The molecule has 1 saturated heterocycles. The minimum atomic E-state index is -1.18. The Morgan fingerprint density at radius 1 is 0.925 bits per heavy atom. The van der Waals surface area contributed by atoms with E-state index >= 15 is 0 Å². The molecule has 3 amide bonds. The number of carbonyl (C=O) groups excluding carboxylic acids is 3. The maximum atomic E-state index is 13.9. The summed E-state index contributed by atoms with van der Waals surface area (Å²) >= 11 is 0. The Morgan fingerprint density at radius 3 is 2.40 bits per heavy atom. The molecule has 2 aromatic carbocycles. The average Bonchev–Trinajstić information content (AvgIpc) is 2.95. The van der Waals surface area contributed by atoms with Crippen LogP contribution in [0.15, 0.2) is 60.7 Å². The predicted octanol–water partition coefficient (Wildman–Crippen LogP) is 2.22. The fourth-order valence-electron chi connectivity index (χ4n) is 5.02. The molecule has 1 spiro atoms. The molecule has 2 aromatic rings. The summed E-state index contributed by atoms with van der Waals surface area (Å²) in [5.41, 5.74) is 0.618. The maximum absolute atomic E-state index is 13.9. The van der Waals surface area contributed by atoms with E-state index in [4.69, 9.17) is 9.47 Å². The lowest BCUT2D eigenvalue weighted by molar-refractivity contribution is -0.140. The van der Waals surface area contributed by atoms with Gasteiger partial charge in [-0.2, -0.15) is 0 Å². The molecular weight excluding hydrogens is 508 g/mol. The van der Waals surface area contributed by atoms with Gasteiger partial charge in [0, 0.05) is 51.1 Å². The van der Waals surface area contributed by atoms with Gasteiger partial charge in [0.2, 0.25) is 17.7 Å². The van der Waals surface area contributed by atoms with E-state index in [-0.39, 0.29) is 30.2 Å². The van der Waals surface area contributed by atoms with Gasteiger partial charge in [-0.25, -0.2) is 0 Å². The third kappa shape index (κ3) is 7.70. The number of rotatable bonds is 3. The van der Waals surface area contributed by atoms with Crippen LogP contribution in [0.3, 0.4) is 0 Å². The van der Waals surface area contributed by atoms with Gasteiger partial charge in [0.1, 0.15) is 23.9 Å². The summed E-state index contributed by atoms with van der Waals surface area (Å²) in [7, 11) is 0. The highest BCUT2D eigenvalue weighted by Gasteiger charge is 2.44. The molecule has 2 heterocycles. The molecule has 9 heteroatoms. The quantitative estimate of drug-likeness (QED) is 0.467. The van der Waals surface area contributed by atoms with Crippen molar-refractivity contribution in [2.24, 2.45) is 5.92 Å². The lowest BCUT2D eigenvalue weighted by atomic mass is 9.87. The normalized spacial score (nSPS) is 23.5. The first kappa shape index (κ1) is 29.3. The van der Waals surface area contributed by atoms with E-state index in [9.17, 15) is 14.4 Å². The van der Waals surface area contributed by atoms with Crippen LogP contribution in [0.5, 0.6) is 5.75 Å². The molecule has 0 unspecified atom stereocenters. The molecule has 0 bridgehead atoms. The van der Waals surface area contributed by atoms with Gasteiger partial charge in [-0.15, -0.1) is 0 Å². The summed E-state index contributed by atoms with van der Waals surface area (Å²) in [6, 6.07) is 15.9. The number of nitrogens with one attached hydrogen (secondary N) is 4. The van der Waals surface area contributed by atoms with E-state index < -0.39 is 17.6 Å². The highest BCUT2D eigenvalue weighted by atomic mass is 16.5. The first-order chi connectivity index (χ1) is 19.4. The highest BCUT2D eigenvalue weighted by Crippen LogP contribution is 2.23. The number of para-hydroxylation sites is 1. The summed E-state index contributed by atoms with van der Waals surface area (Å²) < 4.78 is 11.6. The van der Waals surface area contributed by atoms with Crippen LogP contribution in [0.25, 0.3) is 6.08 Å². The lowest BCUT2D eigenvalue weighted by Crippen LogP contribution is -2.66. The Hall–Kier alpha value is -3.69. The topological polar surface area (TPSA) is 118 Å². The van der Waals surface area contributed by atoms with E-state index in [1.54, 1.807) is 0 Å². The van der Waals surface area contributed by atoms with Crippen molar-refractivity contribution in [3.63, 3.8) is 0 Å². The third-order valence-corrected chi connectivity index (χ3v) is 7.33. The van der Waals surface area contributed by atoms with Gasteiger partial charge in [0.05, 0.1) is 6.04 Å². The minimum Gasteiger partial charge on any atom is -0.492 e. The van der Waals surface area contributed by atoms with Crippen molar-refractivity contribution in [3.8, 4) is 5.75 Å².